The number of ether oxygens (including phenoxy) is 1. The Hall–Kier alpha value is -3.24. The van der Waals surface area contributed by atoms with Gasteiger partial charge in [-0.1, -0.05) is 42.5 Å². The molecule has 2 heterocycles. The van der Waals surface area contributed by atoms with Gasteiger partial charge >= 0.3 is 5.97 Å². The largest absolute Gasteiger partial charge is 0.488 e. The molecule has 1 aliphatic heterocycles. The van der Waals surface area contributed by atoms with E-state index in [0.717, 1.165) is 22.4 Å². The normalized spacial score (nSPS) is 18.0. The average molecular weight is 541 g/mol. The summed E-state index contributed by atoms with van der Waals surface area (Å²) in [5.74, 6) is -0.745. The van der Waals surface area contributed by atoms with Gasteiger partial charge in [0.1, 0.15) is 16.7 Å². The molecule has 0 fully saturated rings. The Morgan fingerprint density at radius 3 is 2.66 bits per heavy atom. The van der Waals surface area contributed by atoms with Crippen LogP contribution in [-0.2, 0) is 27.8 Å². The second-order valence-electron chi connectivity index (χ2n) is 10.2. The number of carbonyl (C=O) groups is 1. The van der Waals surface area contributed by atoms with Gasteiger partial charge in [0.2, 0.25) is 10.0 Å². The van der Waals surface area contributed by atoms with Crippen LogP contribution in [-0.4, -0.2) is 51.4 Å². The topological polar surface area (TPSA) is 115 Å². The number of fused-ring (bicyclic) bond motifs is 1. The van der Waals surface area contributed by atoms with Gasteiger partial charge < -0.3 is 9.84 Å². The molecule has 0 saturated heterocycles. The number of aryl methyl sites for hydroxylation is 2. The van der Waals surface area contributed by atoms with Crippen molar-refractivity contribution in [2.75, 3.05) is 6.54 Å². The van der Waals surface area contributed by atoms with Gasteiger partial charge in [0.15, 0.2) is 0 Å². The van der Waals surface area contributed by atoms with Crippen LogP contribution in [0.15, 0.2) is 53.6 Å². The van der Waals surface area contributed by atoms with Gasteiger partial charge in [0.05, 0.1) is 18.7 Å². The monoisotopic (exact) mass is 540 g/mol. The first kappa shape index (κ1) is 27.8. The number of hydrogen-bond donors (Lipinski definition) is 1. The van der Waals surface area contributed by atoms with Gasteiger partial charge in [-0.25, -0.2) is 13.1 Å². The van der Waals surface area contributed by atoms with Crippen molar-refractivity contribution in [3.8, 4) is 5.75 Å². The summed E-state index contributed by atoms with van der Waals surface area (Å²) in [5, 5.41) is 18.0. The van der Waals surface area contributed by atoms with E-state index in [1.54, 1.807) is 28.9 Å². The molecule has 0 spiro atoms. The van der Waals surface area contributed by atoms with Gasteiger partial charge in [-0.15, -0.1) is 5.10 Å². The Morgan fingerprint density at radius 1 is 1.21 bits per heavy atom. The van der Waals surface area contributed by atoms with Crippen LogP contribution in [0.25, 0.3) is 0 Å². The van der Waals surface area contributed by atoms with Crippen LogP contribution in [0.2, 0.25) is 0 Å². The molecule has 1 aliphatic rings. The van der Waals surface area contributed by atoms with Crippen molar-refractivity contribution >= 4 is 16.0 Å². The zero-order valence-corrected chi connectivity index (χ0v) is 23.2. The highest BCUT2D eigenvalue weighted by molar-refractivity contribution is 7.89. The summed E-state index contributed by atoms with van der Waals surface area (Å²) < 4.78 is 36.6. The summed E-state index contributed by atoms with van der Waals surface area (Å²) in [7, 11) is -3.78. The average Bonchev–Trinajstić information content (AvgIpc) is 3.32. The molecule has 204 valence electrons. The minimum atomic E-state index is -3.78. The summed E-state index contributed by atoms with van der Waals surface area (Å²) >= 11 is 0. The fraction of sp³-hybridized carbons (Fsp3) is 0.464. The molecule has 0 amide bonds. The van der Waals surface area contributed by atoms with E-state index in [2.05, 4.69) is 10.3 Å². The second kappa shape index (κ2) is 11.7. The molecule has 0 radical (unpaired) electrons. The van der Waals surface area contributed by atoms with E-state index in [1.165, 1.54) is 4.31 Å². The van der Waals surface area contributed by atoms with Crippen molar-refractivity contribution in [2.45, 2.75) is 82.9 Å². The van der Waals surface area contributed by atoms with Crippen LogP contribution in [0.3, 0.4) is 0 Å². The van der Waals surface area contributed by atoms with Gasteiger partial charge in [-0.05, 0) is 74.8 Å². The molecule has 38 heavy (non-hydrogen) atoms. The Morgan fingerprint density at radius 2 is 1.97 bits per heavy atom. The predicted molar refractivity (Wildman–Crippen MR) is 144 cm³/mol. The van der Waals surface area contributed by atoms with E-state index in [-0.39, 0.29) is 42.5 Å². The minimum absolute atomic E-state index is 0.0258. The minimum Gasteiger partial charge on any atom is -0.488 e. The molecule has 2 atom stereocenters. The van der Waals surface area contributed by atoms with Crippen LogP contribution in [0.4, 0.5) is 0 Å². The maximum absolute atomic E-state index is 13.6. The zero-order valence-electron chi connectivity index (χ0n) is 22.4. The molecule has 4 rings (SSSR count). The number of rotatable bonds is 10. The highest BCUT2D eigenvalue weighted by Crippen LogP contribution is 2.34. The Kier molecular flexibility index (Phi) is 8.52. The van der Waals surface area contributed by atoms with Crippen LogP contribution < -0.4 is 4.74 Å². The van der Waals surface area contributed by atoms with Crippen molar-refractivity contribution in [3.05, 3.63) is 71.0 Å². The summed E-state index contributed by atoms with van der Waals surface area (Å²) in [6, 6.07) is 12.8. The second-order valence-corrected chi connectivity index (χ2v) is 12.1. The van der Waals surface area contributed by atoms with E-state index >= 15 is 0 Å². The third-order valence-corrected chi connectivity index (χ3v) is 8.92. The molecule has 3 aromatic rings. The maximum Gasteiger partial charge on any atom is 0.303 e. The first-order chi connectivity index (χ1) is 18.1. The number of hydrogen-bond acceptors (Lipinski definition) is 6. The number of aromatic nitrogens is 3. The Balaban J connectivity index is 1.61. The van der Waals surface area contributed by atoms with Crippen LogP contribution in [0.5, 0.6) is 5.75 Å². The van der Waals surface area contributed by atoms with E-state index in [0.29, 0.717) is 25.0 Å². The third kappa shape index (κ3) is 6.24. The number of carboxylic acids is 1. The van der Waals surface area contributed by atoms with Crippen molar-refractivity contribution in [1.29, 1.82) is 0 Å². The predicted octanol–water partition coefficient (Wildman–Crippen LogP) is 4.72. The Labute approximate surface area is 224 Å². The number of para-hydroxylation sites is 1. The first-order valence-corrected chi connectivity index (χ1v) is 14.5. The highest BCUT2D eigenvalue weighted by Gasteiger charge is 2.34. The van der Waals surface area contributed by atoms with Gasteiger partial charge in [0.25, 0.3) is 0 Å². The molecule has 9 nitrogen and oxygen atoms in total. The number of sulfonamides is 1. The smallest absolute Gasteiger partial charge is 0.303 e. The van der Waals surface area contributed by atoms with Gasteiger partial charge in [0, 0.05) is 18.8 Å². The maximum atomic E-state index is 13.6. The molecule has 2 aromatic carbocycles. The molecule has 0 bridgehead atoms. The lowest BCUT2D eigenvalue weighted by Crippen LogP contribution is -2.36. The quantitative estimate of drug-likeness (QED) is 0.396. The summed E-state index contributed by atoms with van der Waals surface area (Å²) in [4.78, 5) is 11.9. The lowest BCUT2D eigenvalue weighted by molar-refractivity contribution is -0.137. The van der Waals surface area contributed by atoms with Gasteiger partial charge in [-0.2, -0.15) is 4.31 Å². The lowest BCUT2D eigenvalue weighted by Gasteiger charge is -2.24. The molecule has 0 saturated carbocycles. The molecule has 10 heteroatoms. The summed E-state index contributed by atoms with van der Waals surface area (Å²) in [6.45, 7) is 8.39. The lowest BCUT2D eigenvalue weighted by atomic mass is 9.88. The third-order valence-electron chi connectivity index (χ3n) is 7.07. The Bertz CT molecular complexity index is 1390. The van der Waals surface area contributed by atoms with Crippen LogP contribution in [0.1, 0.15) is 74.4 Å². The van der Waals surface area contributed by atoms with Gasteiger partial charge in [-0.3, -0.25) is 4.79 Å². The number of carboxylic acid groups (broad SMARTS) is 1. The molecule has 0 aliphatic carbocycles. The van der Waals surface area contributed by atoms with E-state index < -0.39 is 16.0 Å². The standard InChI is InChI=1S/C28H36N4O5S/c1-5-25-18-31(38(35,36)27-9-7-6-8-26(27)37-25)16-23-14-21(11-10-20(23)4)22(15-28(33)34)12-13-24-17-32(19(2)3)30-29-24/h6-11,14,17,19,22,25H,5,12-13,15-16,18H2,1-4H3,(H,33,34)/t22?,25-/m1/s1. The van der Waals surface area contributed by atoms with Crippen molar-refractivity contribution in [1.82, 2.24) is 19.3 Å². The van der Waals surface area contributed by atoms with E-state index in [1.807, 2.05) is 52.1 Å². The molecular weight excluding hydrogens is 504 g/mol. The SMILES string of the molecule is CC[C@@H]1CN(Cc2cc(C(CCc3cn(C(C)C)nn3)CC(=O)O)ccc2C)S(=O)(=O)c2ccccc2O1. The van der Waals surface area contributed by atoms with Crippen molar-refractivity contribution in [2.24, 2.45) is 0 Å². The van der Waals surface area contributed by atoms with Crippen molar-refractivity contribution < 1.29 is 23.1 Å². The van der Waals surface area contributed by atoms with Crippen molar-refractivity contribution in [3.63, 3.8) is 0 Å². The van der Waals surface area contributed by atoms with Crippen LogP contribution in [0, 0.1) is 6.92 Å². The number of aliphatic carboxylic acids is 1. The fourth-order valence-corrected chi connectivity index (χ4v) is 6.28. The molecule has 1 N–H and O–H groups in total. The highest BCUT2D eigenvalue weighted by atomic mass is 32.2. The molecule has 1 aromatic heterocycles. The molecule has 1 unspecified atom stereocenters. The summed E-state index contributed by atoms with van der Waals surface area (Å²) in [6.07, 6.45) is 3.46. The summed E-state index contributed by atoms with van der Waals surface area (Å²) in [5.41, 5.74) is 3.49. The number of nitrogens with zero attached hydrogens (tertiary/aromatic N) is 4. The first-order valence-electron chi connectivity index (χ1n) is 13.1. The molecular formula is C28H36N4O5S. The fourth-order valence-electron chi connectivity index (χ4n) is 4.71. The van der Waals surface area contributed by atoms with Crippen LogP contribution >= 0.6 is 0 Å². The van der Waals surface area contributed by atoms with E-state index in [4.69, 9.17) is 4.74 Å². The zero-order chi connectivity index (χ0) is 27.4. The van der Waals surface area contributed by atoms with E-state index in [9.17, 15) is 18.3 Å². The number of benzene rings is 2.